The van der Waals surface area contributed by atoms with Crippen molar-refractivity contribution in [3.05, 3.63) is 71.9 Å². The number of aryl methyl sites for hydroxylation is 1. The second-order valence-electron chi connectivity index (χ2n) is 5.62. The van der Waals surface area contributed by atoms with Gasteiger partial charge in [-0.15, -0.1) is 5.10 Å². The average molecular weight is 351 g/mol. The van der Waals surface area contributed by atoms with Crippen LogP contribution in [-0.4, -0.2) is 31.7 Å². The Morgan fingerprint density at radius 3 is 2.76 bits per heavy atom. The Bertz CT molecular complexity index is 979. The summed E-state index contributed by atoms with van der Waals surface area (Å²) in [5.41, 5.74) is 3.05. The molecule has 1 unspecified atom stereocenters. The molecule has 0 aliphatic heterocycles. The smallest absolute Gasteiger partial charge is 0.198 e. The van der Waals surface area contributed by atoms with Crippen molar-refractivity contribution in [2.45, 2.75) is 17.3 Å². The summed E-state index contributed by atoms with van der Waals surface area (Å²) in [5, 5.41) is 5.42. The lowest BCUT2D eigenvalue weighted by atomic mass is 10.1. The van der Waals surface area contributed by atoms with Crippen LogP contribution in [0.15, 0.2) is 60.1 Å². The number of thioether (sulfide) groups is 1. The molecule has 0 aliphatic rings. The van der Waals surface area contributed by atoms with Crippen LogP contribution >= 0.6 is 11.8 Å². The number of H-pyrrole nitrogens is 1. The molecular formula is C18H17N5OS. The molecule has 3 heterocycles. The van der Waals surface area contributed by atoms with Gasteiger partial charge in [0.15, 0.2) is 22.4 Å². The van der Waals surface area contributed by atoms with E-state index in [9.17, 15) is 0 Å². The second-order valence-corrected chi connectivity index (χ2v) is 6.71. The molecule has 1 atom stereocenters. The van der Waals surface area contributed by atoms with Crippen molar-refractivity contribution in [1.82, 2.24) is 24.6 Å². The van der Waals surface area contributed by atoms with Crippen molar-refractivity contribution >= 4 is 17.4 Å². The maximum absolute atomic E-state index is 5.40. The lowest BCUT2D eigenvalue weighted by molar-refractivity contribution is 0.416. The van der Waals surface area contributed by atoms with E-state index >= 15 is 0 Å². The number of nitrogens with zero attached hydrogens (tertiary/aromatic N) is 4. The first kappa shape index (κ1) is 15.7. The molecule has 25 heavy (non-hydrogen) atoms. The van der Waals surface area contributed by atoms with Crippen molar-refractivity contribution in [2.75, 3.05) is 7.11 Å². The first-order chi connectivity index (χ1) is 12.2. The Labute approximate surface area is 149 Å². The maximum Gasteiger partial charge on any atom is 0.198 e. The SMILES string of the molecule is COc1cccn2nc(C(Sc3ncc[nH]3)c3ccc(C)cc3)nc12. The summed E-state index contributed by atoms with van der Waals surface area (Å²) in [6.07, 6.45) is 5.43. The van der Waals surface area contributed by atoms with Gasteiger partial charge >= 0.3 is 0 Å². The average Bonchev–Trinajstić information content (AvgIpc) is 3.29. The Hall–Kier alpha value is -2.80. The Balaban J connectivity index is 1.81. The number of benzene rings is 1. The molecule has 0 saturated heterocycles. The number of imidazole rings is 1. The molecule has 0 fully saturated rings. The minimum absolute atomic E-state index is 0.0728. The predicted molar refractivity (Wildman–Crippen MR) is 97.0 cm³/mol. The van der Waals surface area contributed by atoms with Crippen LogP contribution < -0.4 is 4.74 Å². The molecule has 0 amide bonds. The number of methoxy groups -OCH3 is 1. The van der Waals surface area contributed by atoms with Crippen molar-refractivity contribution in [3.63, 3.8) is 0 Å². The van der Waals surface area contributed by atoms with Gasteiger partial charge in [-0.3, -0.25) is 0 Å². The zero-order valence-electron chi connectivity index (χ0n) is 13.9. The van der Waals surface area contributed by atoms with Gasteiger partial charge in [-0.1, -0.05) is 41.6 Å². The number of nitrogens with one attached hydrogen (secondary N) is 1. The molecule has 1 aromatic carbocycles. The number of pyridine rings is 1. The lowest BCUT2D eigenvalue weighted by Gasteiger charge is -2.12. The summed E-state index contributed by atoms with van der Waals surface area (Å²) in [4.78, 5) is 12.2. The third-order valence-electron chi connectivity index (χ3n) is 3.88. The largest absolute Gasteiger partial charge is 0.493 e. The summed E-state index contributed by atoms with van der Waals surface area (Å²) in [5.74, 6) is 1.42. The number of fused-ring (bicyclic) bond motifs is 1. The van der Waals surface area contributed by atoms with Gasteiger partial charge in [0.05, 0.1) is 12.4 Å². The number of hydrogen-bond donors (Lipinski definition) is 1. The Kier molecular flexibility index (Phi) is 4.15. The molecule has 126 valence electrons. The van der Waals surface area contributed by atoms with Gasteiger partial charge in [-0.05, 0) is 24.6 Å². The van der Waals surface area contributed by atoms with Crippen LogP contribution in [0, 0.1) is 6.92 Å². The van der Waals surface area contributed by atoms with Crippen LogP contribution in [0.5, 0.6) is 5.75 Å². The van der Waals surface area contributed by atoms with Gasteiger partial charge in [-0.25, -0.2) is 14.5 Å². The van der Waals surface area contributed by atoms with Gasteiger partial charge in [0.2, 0.25) is 0 Å². The molecular weight excluding hydrogens is 334 g/mol. The lowest BCUT2D eigenvalue weighted by Crippen LogP contribution is -2.01. The van der Waals surface area contributed by atoms with Crippen LogP contribution in [0.4, 0.5) is 0 Å². The van der Waals surface area contributed by atoms with E-state index in [1.54, 1.807) is 29.6 Å². The normalized spacial score (nSPS) is 12.4. The highest BCUT2D eigenvalue weighted by atomic mass is 32.2. The molecule has 0 bridgehead atoms. The van der Waals surface area contributed by atoms with Crippen LogP contribution in [0.2, 0.25) is 0 Å². The van der Waals surface area contributed by atoms with E-state index in [2.05, 4.69) is 46.3 Å². The summed E-state index contributed by atoms with van der Waals surface area (Å²) < 4.78 is 7.15. The van der Waals surface area contributed by atoms with Gasteiger partial charge in [0, 0.05) is 18.6 Å². The van der Waals surface area contributed by atoms with E-state index in [1.807, 2.05) is 24.5 Å². The third kappa shape index (κ3) is 3.10. The molecule has 0 saturated carbocycles. The number of aromatic nitrogens is 5. The fourth-order valence-corrected chi connectivity index (χ4v) is 3.59. The van der Waals surface area contributed by atoms with Crippen LogP contribution in [0.3, 0.4) is 0 Å². The summed E-state index contributed by atoms with van der Waals surface area (Å²) >= 11 is 1.59. The summed E-state index contributed by atoms with van der Waals surface area (Å²) in [6.45, 7) is 2.08. The maximum atomic E-state index is 5.40. The number of ether oxygens (including phenoxy) is 1. The molecule has 4 rings (SSSR count). The number of rotatable bonds is 5. The second kappa shape index (κ2) is 6.60. The topological polar surface area (TPSA) is 68.1 Å². The minimum atomic E-state index is -0.0728. The van der Waals surface area contributed by atoms with Gasteiger partial charge in [0.1, 0.15) is 0 Å². The first-order valence-electron chi connectivity index (χ1n) is 7.86. The highest BCUT2D eigenvalue weighted by molar-refractivity contribution is 7.99. The molecule has 7 heteroatoms. The van der Waals surface area contributed by atoms with E-state index in [-0.39, 0.29) is 5.25 Å². The Morgan fingerprint density at radius 1 is 1.20 bits per heavy atom. The van der Waals surface area contributed by atoms with Crippen molar-refractivity contribution in [2.24, 2.45) is 0 Å². The minimum Gasteiger partial charge on any atom is -0.493 e. The Morgan fingerprint density at radius 2 is 2.04 bits per heavy atom. The van der Waals surface area contributed by atoms with E-state index < -0.39 is 0 Å². The highest BCUT2D eigenvalue weighted by Gasteiger charge is 2.23. The zero-order valence-corrected chi connectivity index (χ0v) is 14.7. The van der Waals surface area contributed by atoms with Crippen molar-refractivity contribution in [1.29, 1.82) is 0 Å². The third-order valence-corrected chi connectivity index (χ3v) is 5.05. The number of hydrogen-bond acceptors (Lipinski definition) is 5. The van der Waals surface area contributed by atoms with E-state index in [0.717, 1.165) is 16.5 Å². The molecule has 0 aliphatic carbocycles. The van der Waals surface area contributed by atoms with Crippen LogP contribution in [0.1, 0.15) is 22.2 Å². The predicted octanol–water partition coefficient (Wildman–Crippen LogP) is 3.65. The fourth-order valence-electron chi connectivity index (χ4n) is 2.61. The molecule has 4 aromatic rings. The molecule has 1 N–H and O–H groups in total. The summed E-state index contributed by atoms with van der Waals surface area (Å²) in [7, 11) is 1.64. The standard InChI is InChI=1S/C18H17N5OS/c1-12-5-7-13(8-6-12)15(25-18-19-9-10-20-18)16-21-17-14(24-2)4-3-11-23(17)22-16/h3-11,15H,1-2H3,(H,19,20). The van der Waals surface area contributed by atoms with Gasteiger partial charge in [0.25, 0.3) is 0 Å². The molecule has 0 spiro atoms. The van der Waals surface area contributed by atoms with E-state index in [1.165, 1.54) is 5.56 Å². The molecule has 6 nitrogen and oxygen atoms in total. The first-order valence-corrected chi connectivity index (χ1v) is 8.74. The van der Waals surface area contributed by atoms with E-state index in [4.69, 9.17) is 9.72 Å². The van der Waals surface area contributed by atoms with Crippen LogP contribution in [0.25, 0.3) is 5.65 Å². The van der Waals surface area contributed by atoms with Crippen molar-refractivity contribution in [3.8, 4) is 5.75 Å². The molecule has 0 radical (unpaired) electrons. The van der Waals surface area contributed by atoms with E-state index in [0.29, 0.717) is 11.4 Å². The van der Waals surface area contributed by atoms with Gasteiger partial charge < -0.3 is 9.72 Å². The fraction of sp³-hybridized carbons (Fsp3) is 0.167. The monoisotopic (exact) mass is 351 g/mol. The molecule has 3 aromatic heterocycles. The highest BCUT2D eigenvalue weighted by Crippen LogP contribution is 2.38. The van der Waals surface area contributed by atoms with Crippen molar-refractivity contribution < 1.29 is 4.74 Å². The zero-order chi connectivity index (χ0) is 17.2. The number of aromatic amines is 1. The summed E-state index contributed by atoms with van der Waals surface area (Å²) in [6, 6.07) is 12.2. The van der Waals surface area contributed by atoms with Crippen LogP contribution in [-0.2, 0) is 0 Å². The van der Waals surface area contributed by atoms with Gasteiger partial charge in [-0.2, -0.15) is 0 Å². The quantitative estimate of drug-likeness (QED) is 0.556.